The van der Waals surface area contributed by atoms with Crippen molar-refractivity contribution < 1.29 is 12.8 Å². The summed E-state index contributed by atoms with van der Waals surface area (Å²) in [5, 5.41) is 6.24. The first-order valence-electron chi connectivity index (χ1n) is 8.01. The third kappa shape index (κ3) is 6.61. The number of nitrogens with one attached hydrogen (secondary N) is 2. The van der Waals surface area contributed by atoms with E-state index in [-0.39, 0.29) is 47.3 Å². The number of halogens is 2. The second-order valence-electron chi connectivity index (χ2n) is 6.12. The van der Waals surface area contributed by atoms with E-state index in [2.05, 4.69) is 15.6 Å². The SMILES string of the molecule is CCNC(=NCc1ccc(N(C)C)c(F)c1)NC1CCS(=O)(=O)C1.I. The zero-order valence-electron chi connectivity index (χ0n) is 14.8. The van der Waals surface area contributed by atoms with Gasteiger partial charge in [0, 0.05) is 26.7 Å². The lowest BCUT2D eigenvalue weighted by atomic mass is 10.2. The fraction of sp³-hybridized carbons (Fsp3) is 0.562. The third-order valence-electron chi connectivity index (χ3n) is 3.83. The number of hydrogen-bond donors (Lipinski definition) is 2. The van der Waals surface area contributed by atoms with Crippen molar-refractivity contribution in [2.75, 3.05) is 37.0 Å². The van der Waals surface area contributed by atoms with Crippen LogP contribution in [0.2, 0.25) is 0 Å². The maximum absolute atomic E-state index is 14.0. The molecule has 0 aliphatic carbocycles. The molecule has 1 unspecified atom stereocenters. The van der Waals surface area contributed by atoms with Gasteiger partial charge in [-0.1, -0.05) is 6.07 Å². The molecule has 6 nitrogen and oxygen atoms in total. The lowest BCUT2D eigenvalue weighted by Gasteiger charge is -2.16. The Labute approximate surface area is 166 Å². The van der Waals surface area contributed by atoms with Crippen LogP contribution in [0.15, 0.2) is 23.2 Å². The molecule has 1 heterocycles. The minimum atomic E-state index is -2.94. The third-order valence-corrected chi connectivity index (χ3v) is 5.60. The lowest BCUT2D eigenvalue weighted by Crippen LogP contribution is -2.44. The molecule has 25 heavy (non-hydrogen) atoms. The maximum atomic E-state index is 14.0. The van der Waals surface area contributed by atoms with E-state index < -0.39 is 9.84 Å². The van der Waals surface area contributed by atoms with E-state index in [0.717, 1.165) is 5.56 Å². The van der Waals surface area contributed by atoms with Gasteiger partial charge < -0.3 is 15.5 Å². The molecule has 1 aromatic rings. The van der Waals surface area contributed by atoms with Crippen molar-refractivity contribution in [3.63, 3.8) is 0 Å². The molecular weight excluding hydrogens is 458 g/mol. The predicted octanol–water partition coefficient (Wildman–Crippen LogP) is 1.75. The Morgan fingerprint density at radius 2 is 2.12 bits per heavy atom. The average Bonchev–Trinajstić information content (AvgIpc) is 2.83. The van der Waals surface area contributed by atoms with Gasteiger partial charge in [-0.05, 0) is 31.0 Å². The number of aliphatic imine (C=N–C) groups is 1. The number of benzene rings is 1. The topological polar surface area (TPSA) is 73.8 Å². The summed E-state index contributed by atoms with van der Waals surface area (Å²) >= 11 is 0. The van der Waals surface area contributed by atoms with Crippen molar-refractivity contribution in [3.8, 4) is 0 Å². The van der Waals surface area contributed by atoms with Crippen LogP contribution in [0.1, 0.15) is 18.9 Å². The molecule has 1 aromatic carbocycles. The molecule has 1 saturated heterocycles. The summed E-state index contributed by atoms with van der Waals surface area (Å²) in [6, 6.07) is 4.92. The first-order valence-corrected chi connectivity index (χ1v) is 9.84. The van der Waals surface area contributed by atoms with Crippen LogP contribution in [0.25, 0.3) is 0 Å². The number of rotatable bonds is 5. The molecule has 0 saturated carbocycles. The van der Waals surface area contributed by atoms with Crippen LogP contribution in [-0.4, -0.2) is 52.6 Å². The van der Waals surface area contributed by atoms with Crippen LogP contribution in [-0.2, 0) is 16.4 Å². The number of guanidine groups is 1. The van der Waals surface area contributed by atoms with Crippen molar-refractivity contribution in [2.24, 2.45) is 4.99 Å². The number of nitrogens with zero attached hydrogens (tertiary/aromatic N) is 2. The first kappa shape index (κ1) is 21.9. The fourth-order valence-corrected chi connectivity index (χ4v) is 4.28. The summed E-state index contributed by atoms with van der Waals surface area (Å²) in [6.07, 6.45) is 0.582. The van der Waals surface area contributed by atoms with E-state index in [9.17, 15) is 12.8 Å². The van der Waals surface area contributed by atoms with Gasteiger partial charge in [0.25, 0.3) is 0 Å². The second-order valence-corrected chi connectivity index (χ2v) is 8.35. The molecule has 2 rings (SSSR count). The van der Waals surface area contributed by atoms with Crippen molar-refractivity contribution in [2.45, 2.75) is 25.9 Å². The van der Waals surface area contributed by atoms with Gasteiger partial charge in [0.1, 0.15) is 5.82 Å². The van der Waals surface area contributed by atoms with Crippen molar-refractivity contribution in [1.82, 2.24) is 10.6 Å². The van der Waals surface area contributed by atoms with E-state index in [4.69, 9.17) is 0 Å². The minimum absolute atomic E-state index is 0. The fourth-order valence-electron chi connectivity index (χ4n) is 2.60. The Hall–Kier alpha value is -1.10. The quantitative estimate of drug-likeness (QED) is 0.379. The summed E-state index contributed by atoms with van der Waals surface area (Å²) in [5.41, 5.74) is 1.29. The Bertz CT molecular complexity index is 710. The van der Waals surface area contributed by atoms with Gasteiger partial charge in [-0.25, -0.2) is 17.8 Å². The standard InChI is InChI=1S/C16H25FN4O2S.HI/c1-4-18-16(20-13-7-8-24(22,23)11-13)19-10-12-5-6-15(21(2)3)14(17)9-12;/h5-6,9,13H,4,7-8,10-11H2,1-3H3,(H2,18,19,20);1H. The van der Waals surface area contributed by atoms with Gasteiger partial charge >= 0.3 is 0 Å². The molecule has 0 aromatic heterocycles. The number of hydrogen-bond acceptors (Lipinski definition) is 4. The first-order chi connectivity index (χ1) is 11.3. The monoisotopic (exact) mass is 484 g/mol. The van der Waals surface area contributed by atoms with Crippen molar-refractivity contribution >= 4 is 45.5 Å². The predicted molar refractivity (Wildman–Crippen MR) is 111 cm³/mol. The van der Waals surface area contributed by atoms with Crippen LogP contribution in [0.4, 0.5) is 10.1 Å². The molecule has 1 aliphatic rings. The molecule has 9 heteroatoms. The van der Waals surface area contributed by atoms with Crippen LogP contribution >= 0.6 is 24.0 Å². The van der Waals surface area contributed by atoms with E-state index >= 15 is 0 Å². The highest BCUT2D eigenvalue weighted by atomic mass is 127. The summed E-state index contributed by atoms with van der Waals surface area (Å²) in [7, 11) is 0.640. The van der Waals surface area contributed by atoms with E-state index in [1.54, 1.807) is 25.1 Å². The van der Waals surface area contributed by atoms with E-state index in [1.165, 1.54) is 6.07 Å². The number of sulfone groups is 1. The van der Waals surface area contributed by atoms with Crippen LogP contribution in [0, 0.1) is 5.82 Å². The summed E-state index contributed by atoms with van der Waals surface area (Å²) in [6.45, 7) is 2.92. The van der Waals surface area contributed by atoms with E-state index in [0.29, 0.717) is 31.2 Å². The highest BCUT2D eigenvalue weighted by Gasteiger charge is 2.28. The molecule has 0 bridgehead atoms. The smallest absolute Gasteiger partial charge is 0.191 e. The molecule has 0 spiro atoms. The van der Waals surface area contributed by atoms with Crippen LogP contribution < -0.4 is 15.5 Å². The highest BCUT2D eigenvalue weighted by Crippen LogP contribution is 2.18. The molecule has 0 radical (unpaired) electrons. The van der Waals surface area contributed by atoms with Crippen molar-refractivity contribution in [3.05, 3.63) is 29.6 Å². The molecule has 142 valence electrons. The number of anilines is 1. The summed E-state index contributed by atoms with van der Waals surface area (Å²) < 4.78 is 37.1. The van der Waals surface area contributed by atoms with Gasteiger partial charge in [0.2, 0.25) is 0 Å². The Morgan fingerprint density at radius 3 is 2.64 bits per heavy atom. The second kappa shape index (κ2) is 9.56. The van der Waals surface area contributed by atoms with Crippen molar-refractivity contribution in [1.29, 1.82) is 0 Å². The summed E-state index contributed by atoms with van der Waals surface area (Å²) in [5.74, 6) is 0.606. The zero-order valence-corrected chi connectivity index (χ0v) is 17.9. The van der Waals surface area contributed by atoms with E-state index in [1.807, 2.05) is 13.0 Å². The molecule has 1 atom stereocenters. The van der Waals surface area contributed by atoms with Gasteiger partial charge in [0.05, 0.1) is 23.7 Å². The van der Waals surface area contributed by atoms with Gasteiger partial charge in [-0.15, -0.1) is 24.0 Å². The molecule has 2 N–H and O–H groups in total. The maximum Gasteiger partial charge on any atom is 0.191 e. The highest BCUT2D eigenvalue weighted by molar-refractivity contribution is 14.0. The van der Waals surface area contributed by atoms with Crippen LogP contribution in [0.3, 0.4) is 0 Å². The van der Waals surface area contributed by atoms with Gasteiger partial charge in [-0.3, -0.25) is 0 Å². The van der Waals surface area contributed by atoms with Gasteiger partial charge in [0.15, 0.2) is 15.8 Å². The molecular formula is C16H26FIN4O2S. The molecule has 1 aliphatic heterocycles. The zero-order chi connectivity index (χ0) is 17.7. The molecule has 0 amide bonds. The largest absolute Gasteiger partial charge is 0.375 e. The average molecular weight is 484 g/mol. The normalized spacial score (nSPS) is 19.2. The van der Waals surface area contributed by atoms with Crippen LogP contribution in [0.5, 0.6) is 0 Å². The minimum Gasteiger partial charge on any atom is -0.375 e. The summed E-state index contributed by atoms with van der Waals surface area (Å²) in [4.78, 5) is 6.15. The Morgan fingerprint density at radius 1 is 1.40 bits per heavy atom. The lowest BCUT2D eigenvalue weighted by molar-refractivity contribution is 0.599. The Balaban J connectivity index is 0.00000312. The molecule has 1 fully saturated rings. The van der Waals surface area contributed by atoms with Gasteiger partial charge in [-0.2, -0.15) is 0 Å². The Kier molecular flexibility index (Phi) is 8.39.